The van der Waals surface area contributed by atoms with Crippen molar-refractivity contribution in [2.75, 3.05) is 6.61 Å². The second-order valence-electron chi connectivity index (χ2n) is 12.8. The minimum Gasteiger partial charge on any atom is -0.457 e. The first-order chi connectivity index (χ1) is 18.2. The third-order valence-electron chi connectivity index (χ3n) is 9.42. The van der Waals surface area contributed by atoms with Crippen LogP contribution in [0, 0.1) is 24.2 Å². The second-order valence-corrected chi connectivity index (χ2v) is 14.0. The topological polar surface area (TPSA) is 122 Å². The molecular formula is C30H41NO7S. The van der Waals surface area contributed by atoms with Crippen LogP contribution in [0.4, 0.5) is 0 Å². The van der Waals surface area contributed by atoms with E-state index >= 15 is 0 Å². The van der Waals surface area contributed by atoms with Crippen LogP contribution < -0.4 is 0 Å². The SMILES string of the molecule is Cc1nc2cc([C@@H]3C[C@]4(C)O[C@]4(C)CCC[C@H](C)[C@H](O)[C@H](C4CO4)C(=O)C(C)(C)[C@@H](O)CC(=O)O3)ccc2s1. The molecule has 2 N–H and O–H groups in total. The van der Waals surface area contributed by atoms with Crippen LogP contribution in [0.25, 0.3) is 10.2 Å². The first-order valence-electron chi connectivity index (χ1n) is 14.0. The highest BCUT2D eigenvalue weighted by Crippen LogP contribution is 2.56. The van der Waals surface area contributed by atoms with Crippen LogP contribution in [0.5, 0.6) is 0 Å². The number of ether oxygens (including phenoxy) is 3. The maximum Gasteiger partial charge on any atom is 0.309 e. The number of esters is 1. The molecule has 2 aromatic rings. The van der Waals surface area contributed by atoms with E-state index in [0.29, 0.717) is 13.0 Å². The van der Waals surface area contributed by atoms with Crippen molar-refractivity contribution in [2.45, 2.75) is 109 Å². The van der Waals surface area contributed by atoms with Crippen LogP contribution in [0.15, 0.2) is 18.2 Å². The van der Waals surface area contributed by atoms with Crippen molar-refractivity contribution in [3.8, 4) is 0 Å². The summed E-state index contributed by atoms with van der Waals surface area (Å²) < 4.78 is 18.9. The van der Waals surface area contributed by atoms with Gasteiger partial charge in [0.2, 0.25) is 0 Å². The predicted octanol–water partition coefficient (Wildman–Crippen LogP) is 4.67. The minimum absolute atomic E-state index is 0.136. The first kappa shape index (κ1) is 28.6. The lowest BCUT2D eigenvalue weighted by atomic mass is 9.71. The molecule has 3 fully saturated rings. The van der Waals surface area contributed by atoms with Crippen LogP contribution in [-0.2, 0) is 23.8 Å². The second kappa shape index (κ2) is 10.2. The molecule has 8 nitrogen and oxygen atoms in total. The molecule has 0 spiro atoms. The molecule has 9 heteroatoms. The third kappa shape index (κ3) is 5.53. The van der Waals surface area contributed by atoms with Crippen molar-refractivity contribution < 1.29 is 34.0 Å². The average molecular weight is 560 g/mol. The Hall–Kier alpha value is -1.91. The molecule has 1 aromatic heterocycles. The van der Waals surface area contributed by atoms with Gasteiger partial charge in [0.15, 0.2) is 0 Å². The molecule has 4 heterocycles. The molecule has 0 bridgehead atoms. The largest absolute Gasteiger partial charge is 0.457 e. The number of rotatable bonds is 2. The Morgan fingerprint density at radius 1 is 1.10 bits per heavy atom. The number of carbonyl (C=O) groups is 2. The Balaban J connectivity index is 1.45. The Morgan fingerprint density at radius 2 is 1.82 bits per heavy atom. The molecule has 214 valence electrons. The summed E-state index contributed by atoms with van der Waals surface area (Å²) in [5.41, 5.74) is -0.479. The Kier molecular flexibility index (Phi) is 7.46. The standard InChI is InChI=1S/C30H41NO7S/c1-16-8-7-11-29(5)30(6,38-29)14-20(18-9-10-22-19(12-18)31-17(2)39-22)37-24(33)13-23(32)28(3,4)27(35)25(26(16)34)21-15-36-21/h9-10,12,16,20-21,23,25-26,32,34H,7-8,11,13-15H2,1-6H3/t16-,20-,21?,23-,25-,26-,29+,30-/m0/s1. The van der Waals surface area contributed by atoms with Gasteiger partial charge in [-0.3, -0.25) is 9.59 Å². The Morgan fingerprint density at radius 3 is 2.51 bits per heavy atom. The number of benzene rings is 1. The molecule has 8 atom stereocenters. The fraction of sp³-hybridized carbons (Fsp3) is 0.700. The Bertz CT molecular complexity index is 1260. The lowest BCUT2D eigenvalue weighted by Crippen LogP contribution is -2.48. The number of aliphatic hydroxyl groups excluding tert-OH is 2. The van der Waals surface area contributed by atoms with Gasteiger partial charge in [-0.05, 0) is 57.2 Å². The number of Topliss-reactive ketones (excluding diaryl/α,β-unsaturated/α-hetero) is 1. The minimum atomic E-state index is -1.28. The fourth-order valence-electron chi connectivity index (χ4n) is 6.19. The number of aryl methyl sites for hydroxylation is 1. The van der Waals surface area contributed by atoms with E-state index in [1.54, 1.807) is 25.2 Å². The summed E-state index contributed by atoms with van der Waals surface area (Å²) in [5.74, 6) is -1.77. The lowest BCUT2D eigenvalue weighted by molar-refractivity contribution is -0.157. The number of thiazole rings is 1. The zero-order valence-electron chi connectivity index (χ0n) is 23.7. The molecule has 0 radical (unpaired) electrons. The van der Waals surface area contributed by atoms with Gasteiger partial charge in [-0.1, -0.05) is 33.3 Å². The van der Waals surface area contributed by atoms with Gasteiger partial charge in [-0.15, -0.1) is 11.3 Å². The molecule has 3 aliphatic rings. The highest BCUT2D eigenvalue weighted by Gasteiger charge is 2.63. The van der Waals surface area contributed by atoms with E-state index in [4.69, 9.17) is 14.2 Å². The first-order valence-corrected chi connectivity index (χ1v) is 14.8. The number of fused-ring (bicyclic) bond motifs is 2. The summed E-state index contributed by atoms with van der Waals surface area (Å²) in [4.78, 5) is 31.6. The highest BCUT2D eigenvalue weighted by molar-refractivity contribution is 7.18. The van der Waals surface area contributed by atoms with Crippen molar-refractivity contribution in [3.05, 3.63) is 28.8 Å². The van der Waals surface area contributed by atoms with Crippen LogP contribution >= 0.6 is 11.3 Å². The smallest absolute Gasteiger partial charge is 0.309 e. The van der Waals surface area contributed by atoms with Crippen molar-refractivity contribution in [1.29, 1.82) is 0 Å². The molecule has 0 amide bonds. The number of hydrogen-bond acceptors (Lipinski definition) is 9. The van der Waals surface area contributed by atoms with Crippen molar-refractivity contribution in [3.63, 3.8) is 0 Å². The van der Waals surface area contributed by atoms with Crippen LogP contribution in [-0.4, -0.2) is 63.1 Å². The summed E-state index contributed by atoms with van der Waals surface area (Å²) in [6.45, 7) is 11.7. The number of cyclic esters (lactones) is 1. The van der Waals surface area contributed by atoms with Gasteiger partial charge in [0.25, 0.3) is 0 Å². The van der Waals surface area contributed by atoms with Gasteiger partial charge < -0.3 is 24.4 Å². The maximum atomic E-state index is 13.7. The molecular weight excluding hydrogens is 518 g/mol. The number of aromatic nitrogens is 1. The molecule has 0 saturated carbocycles. The van der Waals surface area contributed by atoms with Gasteiger partial charge in [-0.25, -0.2) is 4.98 Å². The number of nitrogens with zero attached hydrogens (tertiary/aromatic N) is 1. The number of ketones is 1. The molecule has 5 rings (SSSR count). The zero-order chi connectivity index (χ0) is 28.3. The van der Waals surface area contributed by atoms with Crippen molar-refractivity contribution >= 4 is 33.3 Å². The number of hydrogen-bond donors (Lipinski definition) is 2. The third-order valence-corrected chi connectivity index (χ3v) is 10.4. The van der Waals surface area contributed by atoms with Crippen LogP contribution in [0.1, 0.15) is 83.4 Å². The van der Waals surface area contributed by atoms with E-state index in [1.807, 2.05) is 32.0 Å². The van der Waals surface area contributed by atoms with Crippen molar-refractivity contribution in [2.24, 2.45) is 17.3 Å². The van der Waals surface area contributed by atoms with Gasteiger partial charge in [0, 0.05) is 6.42 Å². The summed E-state index contributed by atoms with van der Waals surface area (Å²) >= 11 is 1.61. The molecule has 3 aliphatic heterocycles. The molecule has 1 aromatic carbocycles. The lowest BCUT2D eigenvalue weighted by Gasteiger charge is -2.35. The number of aliphatic hydroxyl groups is 2. The predicted molar refractivity (Wildman–Crippen MR) is 147 cm³/mol. The zero-order valence-corrected chi connectivity index (χ0v) is 24.5. The van der Waals surface area contributed by atoms with E-state index < -0.39 is 46.8 Å². The quantitative estimate of drug-likeness (QED) is 0.402. The van der Waals surface area contributed by atoms with E-state index in [-0.39, 0.29) is 24.2 Å². The van der Waals surface area contributed by atoms with Gasteiger partial charge in [0.1, 0.15) is 11.9 Å². The average Bonchev–Trinajstić information content (AvgIpc) is 3.73. The summed E-state index contributed by atoms with van der Waals surface area (Å²) in [5, 5.41) is 23.3. The summed E-state index contributed by atoms with van der Waals surface area (Å²) in [6, 6.07) is 5.93. The normalized spacial score (nSPS) is 39.7. The highest BCUT2D eigenvalue weighted by atomic mass is 32.1. The monoisotopic (exact) mass is 559 g/mol. The molecule has 39 heavy (non-hydrogen) atoms. The molecule has 0 aliphatic carbocycles. The van der Waals surface area contributed by atoms with Crippen LogP contribution in [0.3, 0.4) is 0 Å². The van der Waals surface area contributed by atoms with Gasteiger partial charge >= 0.3 is 5.97 Å². The molecule has 1 unspecified atom stereocenters. The van der Waals surface area contributed by atoms with E-state index in [2.05, 4.69) is 18.8 Å². The number of epoxide rings is 2. The number of carbonyl (C=O) groups excluding carboxylic acids is 2. The van der Waals surface area contributed by atoms with E-state index in [1.165, 1.54) is 0 Å². The Labute approximate surface area is 234 Å². The van der Waals surface area contributed by atoms with Gasteiger partial charge in [0.05, 0.1) is 69.1 Å². The maximum absolute atomic E-state index is 13.7. The summed E-state index contributed by atoms with van der Waals surface area (Å²) in [6.07, 6.45) is -0.690. The van der Waals surface area contributed by atoms with Crippen LogP contribution in [0.2, 0.25) is 0 Å². The molecule has 3 saturated heterocycles. The van der Waals surface area contributed by atoms with E-state index in [0.717, 1.165) is 40.1 Å². The van der Waals surface area contributed by atoms with E-state index in [9.17, 15) is 19.8 Å². The van der Waals surface area contributed by atoms with Crippen molar-refractivity contribution in [1.82, 2.24) is 4.98 Å². The fourth-order valence-corrected chi connectivity index (χ4v) is 7.00. The summed E-state index contributed by atoms with van der Waals surface area (Å²) in [7, 11) is 0. The van der Waals surface area contributed by atoms with Gasteiger partial charge in [-0.2, -0.15) is 0 Å².